The van der Waals surface area contributed by atoms with Gasteiger partial charge in [0.15, 0.2) is 0 Å². The van der Waals surface area contributed by atoms with Crippen molar-refractivity contribution in [2.45, 2.75) is 20.3 Å². The van der Waals surface area contributed by atoms with Gasteiger partial charge in [0.25, 0.3) is 5.91 Å². The van der Waals surface area contributed by atoms with Crippen molar-refractivity contribution in [3.05, 3.63) is 64.1 Å². The van der Waals surface area contributed by atoms with E-state index in [4.69, 9.17) is 0 Å². The molecule has 0 saturated carbocycles. The van der Waals surface area contributed by atoms with Crippen LogP contribution in [0.5, 0.6) is 5.75 Å². The number of nitrogens with one attached hydrogen (secondary N) is 1. The summed E-state index contributed by atoms with van der Waals surface area (Å²) in [6.45, 7) is 4.75. The summed E-state index contributed by atoms with van der Waals surface area (Å²) in [7, 11) is 0. The van der Waals surface area contributed by atoms with Gasteiger partial charge in [0.2, 0.25) is 0 Å². The molecule has 2 N–H and O–H groups in total. The molecule has 0 saturated heterocycles. The lowest BCUT2D eigenvalue weighted by molar-refractivity contribution is 0.0933. The number of halogens is 1. The zero-order chi connectivity index (χ0) is 16.2. The normalized spacial score (nSPS) is 11.2. The molecule has 1 amide bonds. The maximum absolute atomic E-state index is 12.1. The maximum atomic E-state index is 12.1. The predicted molar refractivity (Wildman–Crippen MR) is 92.1 cm³/mol. The van der Waals surface area contributed by atoms with Crippen LogP contribution >= 0.6 is 15.9 Å². The topological polar surface area (TPSA) is 49.3 Å². The molecule has 0 radical (unpaired) electrons. The van der Waals surface area contributed by atoms with Crippen molar-refractivity contribution in [3.8, 4) is 5.75 Å². The number of phenols is 1. The molecule has 116 valence electrons. The van der Waals surface area contributed by atoms with Crippen LogP contribution in [-0.2, 0) is 6.42 Å². The third-order valence-electron chi connectivity index (χ3n) is 3.45. The van der Waals surface area contributed by atoms with Crippen LogP contribution < -0.4 is 5.32 Å². The number of amides is 1. The van der Waals surface area contributed by atoms with Crippen LogP contribution in [0.25, 0.3) is 0 Å². The molecule has 2 aromatic rings. The second kappa shape index (κ2) is 6.97. The average Bonchev–Trinajstić information content (AvgIpc) is 2.45. The molecular formula is C18H20BrNO2. The van der Waals surface area contributed by atoms with E-state index in [-0.39, 0.29) is 17.1 Å². The van der Waals surface area contributed by atoms with Gasteiger partial charge in [-0.25, -0.2) is 0 Å². The van der Waals surface area contributed by atoms with Crippen molar-refractivity contribution in [2.24, 2.45) is 5.41 Å². The van der Waals surface area contributed by atoms with Gasteiger partial charge in [-0.3, -0.25) is 4.79 Å². The molecule has 2 aromatic carbocycles. The van der Waals surface area contributed by atoms with Gasteiger partial charge in [-0.2, -0.15) is 0 Å². The number of phenolic OH excluding ortho intramolecular Hbond substituents is 1. The zero-order valence-corrected chi connectivity index (χ0v) is 14.4. The van der Waals surface area contributed by atoms with Crippen LogP contribution in [0.1, 0.15) is 29.8 Å². The number of rotatable bonds is 5. The van der Waals surface area contributed by atoms with Gasteiger partial charge in [0.1, 0.15) is 5.75 Å². The second-order valence-corrected chi connectivity index (χ2v) is 7.09. The summed E-state index contributed by atoms with van der Waals surface area (Å²) < 4.78 is 1.05. The molecule has 0 unspecified atom stereocenters. The van der Waals surface area contributed by atoms with E-state index in [9.17, 15) is 9.90 Å². The van der Waals surface area contributed by atoms with Gasteiger partial charge in [0, 0.05) is 11.0 Å². The Bertz CT molecular complexity index is 668. The lowest BCUT2D eigenvalue weighted by Crippen LogP contribution is -2.35. The maximum Gasteiger partial charge on any atom is 0.255 e. The van der Waals surface area contributed by atoms with Crippen molar-refractivity contribution in [3.63, 3.8) is 0 Å². The number of aromatic hydroxyl groups is 1. The fourth-order valence-corrected chi connectivity index (χ4v) is 2.79. The molecule has 0 aliphatic rings. The van der Waals surface area contributed by atoms with E-state index in [1.165, 1.54) is 11.6 Å². The number of carbonyl (C=O) groups excluding carboxylic acids is 1. The summed E-state index contributed by atoms with van der Waals surface area (Å²) >= 11 is 3.47. The van der Waals surface area contributed by atoms with Crippen molar-refractivity contribution in [1.29, 1.82) is 0 Å². The van der Waals surface area contributed by atoms with Crippen molar-refractivity contribution in [2.75, 3.05) is 6.54 Å². The summed E-state index contributed by atoms with van der Waals surface area (Å²) in [6, 6.07) is 14.7. The van der Waals surface area contributed by atoms with Gasteiger partial charge in [0.05, 0.1) is 5.56 Å². The van der Waals surface area contributed by atoms with Crippen LogP contribution in [0.15, 0.2) is 53.0 Å². The third-order valence-corrected chi connectivity index (χ3v) is 3.94. The number of hydrogen-bond donors (Lipinski definition) is 2. The minimum atomic E-state index is -0.250. The monoisotopic (exact) mass is 361 g/mol. The van der Waals surface area contributed by atoms with E-state index < -0.39 is 0 Å². The fourth-order valence-electron chi connectivity index (χ4n) is 2.34. The highest BCUT2D eigenvalue weighted by atomic mass is 79.9. The highest BCUT2D eigenvalue weighted by Crippen LogP contribution is 2.23. The van der Waals surface area contributed by atoms with E-state index >= 15 is 0 Å². The van der Waals surface area contributed by atoms with Crippen LogP contribution in [0, 0.1) is 5.41 Å². The molecule has 0 aromatic heterocycles. The van der Waals surface area contributed by atoms with Gasteiger partial charge in [-0.1, -0.05) is 54.0 Å². The molecule has 2 rings (SSSR count). The molecule has 0 atom stereocenters. The SMILES string of the molecule is CC(C)(CNC(=O)c1ccccc1O)Cc1cccc(Br)c1. The van der Waals surface area contributed by atoms with E-state index in [0.717, 1.165) is 10.9 Å². The standard InChI is InChI=1S/C18H20BrNO2/c1-18(2,11-13-6-5-7-14(19)10-13)12-20-17(22)15-8-3-4-9-16(15)21/h3-10,21H,11-12H2,1-2H3,(H,20,22). The van der Waals surface area contributed by atoms with Gasteiger partial charge in [-0.05, 0) is 41.7 Å². The van der Waals surface area contributed by atoms with Crippen LogP contribution in [0.2, 0.25) is 0 Å². The Labute approximate surface area is 139 Å². The Morgan fingerprint density at radius 2 is 1.91 bits per heavy atom. The first-order valence-electron chi connectivity index (χ1n) is 7.18. The molecule has 22 heavy (non-hydrogen) atoms. The molecule has 0 fully saturated rings. The molecule has 0 spiro atoms. The van der Waals surface area contributed by atoms with Gasteiger partial charge < -0.3 is 10.4 Å². The molecule has 0 aliphatic heterocycles. The number of hydrogen-bond acceptors (Lipinski definition) is 2. The Morgan fingerprint density at radius 1 is 1.18 bits per heavy atom. The Balaban J connectivity index is 1.97. The summed E-state index contributed by atoms with van der Waals surface area (Å²) in [5, 5.41) is 12.6. The Hall–Kier alpha value is -1.81. The molecule has 0 heterocycles. The van der Waals surface area contributed by atoms with Crippen molar-refractivity contribution in [1.82, 2.24) is 5.32 Å². The van der Waals surface area contributed by atoms with E-state index in [1.807, 2.05) is 12.1 Å². The van der Waals surface area contributed by atoms with Crippen molar-refractivity contribution >= 4 is 21.8 Å². The molecular weight excluding hydrogens is 342 g/mol. The van der Waals surface area contributed by atoms with Crippen LogP contribution in [-0.4, -0.2) is 17.6 Å². The first kappa shape index (κ1) is 16.6. The summed E-state index contributed by atoms with van der Waals surface area (Å²) in [5.74, 6) is -0.245. The summed E-state index contributed by atoms with van der Waals surface area (Å²) in [5.41, 5.74) is 1.44. The molecule has 3 nitrogen and oxygen atoms in total. The highest BCUT2D eigenvalue weighted by Gasteiger charge is 2.21. The number of carbonyl (C=O) groups is 1. The van der Waals surface area contributed by atoms with Crippen molar-refractivity contribution < 1.29 is 9.90 Å². The average molecular weight is 362 g/mol. The fraction of sp³-hybridized carbons (Fsp3) is 0.278. The first-order valence-corrected chi connectivity index (χ1v) is 7.97. The molecule has 4 heteroatoms. The van der Waals surface area contributed by atoms with Crippen LogP contribution in [0.4, 0.5) is 0 Å². The Morgan fingerprint density at radius 3 is 2.59 bits per heavy atom. The lowest BCUT2D eigenvalue weighted by atomic mass is 9.85. The smallest absolute Gasteiger partial charge is 0.255 e. The van der Waals surface area contributed by atoms with Gasteiger partial charge >= 0.3 is 0 Å². The van der Waals surface area contributed by atoms with E-state index in [1.54, 1.807) is 18.2 Å². The summed E-state index contributed by atoms with van der Waals surface area (Å²) in [4.78, 5) is 12.1. The minimum Gasteiger partial charge on any atom is -0.507 e. The predicted octanol–water partition coefficient (Wildman–Crippen LogP) is 4.15. The largest absolute Gasteiger partial charge is 0.507 e. The van der Waals surface area contributed by atoms with Gasteiger partial charge in [-0.15, -0.1) is 0 Å². The zero-order valence-electron chi connectivity index (χ0n) is 12.8. The highest BCUT2D eigenvalue weighted by molar-refractivity contribution is 9.10. The second-order valence-electron chi connectivity index (χ2n) is 6.17. The molecule has 0 aliphatic carbocycles. The lowest BCUT2D eigenvalue weighted by Gasteiger charge is -2.25. The number of benzene rings is 2. The van der Waals surface area contributed by atoms with E-state index in [0.29, 0.717) is 12.1 Å². The van der Waals surface area contributed by atoms with E-state index in [2.05, 4.69) is 47.2 Å². The third kappa shape index (κ3) is 4.60. The van der Waals surface area contributed by atoms with Crippen LogP contribution in [0.3, 0.4) is 0 Å². The number of para-hydroxylation sites is 1. The Kier molecular flexibility index (Phi) is 5.24. The molecule has 0 bridgehead atoms. The first-order chi connectivity index (χ1) is 10.4. The quantitative estimate of drug-likeness (QED) is 0.839. The summed E-state index contributed by atoms with van der Waals surface area (Å²) in [6.07, 6.45) is 0.855. The minimum absolute atomic E-state index is 0.00444.